The zero-order chi connectivity index (χ0) is 5.28. The lowest BCUT2D eigenvalue weighted by Crippen LogP contribution is -2.13. The zero-order valence-electron chi connectivity index (χ0n) is 4.54. The first kappa shape index (κ1) is 7.92. The van der Waals surface area contributed by atoms with Crippen LogP contribution in [0.4, 0.5) is 0 Å². The molecule has 8 heavy (non-hydrogen) atoms. The lowest BCUT2D eigenvalue weighted by atomic mass is 10.9. The van der Waals surface area contributed by atoms with Crippen molar-refractivity contribution in [2.24, 2.45) is 0 Å². The molecule has 48 valence electrons. The monoisotopic (exact) mass is 154 g/mol. The number of rotatable bonds is 0. The van der Waals surface area contributed by atoms with Crippen molar-refractivity contribution < 1.29 is 0 Å². The molecule has 1 aliphatic rings. The normalized spacial score (nSPS) is 16.8. The Balaban J connectivity index is 0.000000490. The Bertz CT molecular complexity index is 84.0. The van der Waals surface area contributed by atoms with Gasteiger partial charge in [-0.2, -0.15) is 0 Å². The minimum Gasteiger partial charge on any atom is -0.360 e. The van der Waals surface area contributed by atoms with E-state index in [1.807, 2.05) is 24.3 Å². The molecule has 0 atom stereocenters. The van der Waals surface area contributed by atoms with E-state index in [0.29, 0.717) is 0 Å². The standard InChI is InChI=1S/C4H7ClN2.ClH/c1-6-2-3-7(5)4-6;/h2-3H,4H2,1H3;1H. The molecule has 0 aromatic rings. The molecule has 0 aromatic heterocycles. The van der Waals surface area contributed by atoms with Crippen LogP contribution in [0, 0.1) is 0 Å². The highest BCUT2D eigenvalue weighted by Gasteiger charge is 2.02. The van der Waals surface area contributed by atoms with Crippen molar-refractivity contribution in [2.45, 2.75) is 0 Å². The van der Waals surface area contributed by atoms with Crippen LogP contribution in [-0.2, 0) is 0 Å². The highest BCUT2D eigenvalue weighted by molar-refractivity contribution is 6.14. The van der Waals surface area contributed by atoms with Gasteiger partial charge in [0, 0.05) is 31.2 Å². The van der Waals surface area contributed by atoms with Gasteiger partial charge in [0.15, 0.2) is 0 Å². The van der Waals surface area contributed by atoms with Gasteiger partial charge >= 0.3 is 0 Å². The highest BCUT2D eigenvalue weighted by Crippen LogP contribution is 2.04. The molecule has 0 saturated heterocycles. The predicted octanol–water partition coefficient (Wildman–Crippen LogP) is 1.24. The van der Waals surface area contributed by atoms with Crippen LogP contribution in [0.3, 0.4) is 0 Å². The van der Waals surface area contributed by atoms with Crippen LogP contribution < -0.4 is 0 Å². The Morgan fingerprint density at radius 2 is 2.12 bits per heavy atom. The lowest BCUT2D eigenvalue weighted by molar-refractivity contribution is 0.403. The molecule has 0 bridgehead atoms. The molecule has 1 rings (SSSR count). The predicted molar refractivity (Wildman–Crippen MR) is 36.7 cm³/mol. The van der Waals surface area contributed by atoms with Crippen molar-refractivity contribution in [2.75, 3.05) is 13.7 Å². The van der Waals surface area contributed by atoms with E-state index in [2.05, 4.69) is 0 Å². The summed E-state index contributed by atoms with van der Waals surface area (Å²) < 4.78 is 1.60. The molecule has 0 saturated carbocycles. The van der Waals surface area contributed by atoms with Gasteiger partial charge in [0.25, 0.3) is 0 Å². The minimum absolute atomic E-state index is 0. The number of hydrogen-bond donors (Lipinski definition) is 0. The number of nitrogens with zero attached hydrogens (tertiary/aromatic N) is 2. The van der Waals surface area contributed by atoms with Gasteiger partial charge in [-0.05, 0) is 0 Å². The van der Waals surface area contributed by atoms with E-state index in [9.17, 15) is 0 Å². The van der Waals surface area contributed by atoms with Gasteiger partial charge in [-0.1, -0.05) is 0 Å². The molecule has 0 spiro atoms. The first-order chi connectivity index (χ1) is 3.29. The molecule has 4 heteroatoms. The van der Waals surface area contributed by atoms with E-state index in [4.69, 9.17) is 11.8 Å². The lowest BCUT2D eigenvalue weighted by Gasteiger charge is -2.07. The molecule has 0 aliphatic carbocycles. The molecule has 1 heterocycles. The molecule has 2 nitrogen and oxygen atoms in total. The summed E-state index contributed by atoms with van der Waals surface area (Å²) in [6.45, 7) is 0.793. The maximum absolute atomic E-state index is 5.51. The van der Waals surface area contributed by atoms with Crippen LogP contribution >= 0.6 is 24.2 Å². The Morgan fingerprint density at radius 3 is 2.25 bits per heavy atom. The summed E-state index contributed by atoms with van der Waals surface area (Å²) in [6, 6.07) is 0. The molecule has 0 N–H and O–H groups in total. The third-order valence-electron chi connectivity index (χ3n) is 0.841. The topological polar surface area (TPSA) is 6.48 Å². The van der Waals surface area contributed by atoms with Gasteiger partial charge in [-0.15, -0.1) is 12.4 Å². The van der Waals surface area contributed by atoms with Crippen molar-refractivity contribution in [3.05, 3.63) is 12.4 Å². The largest absolute Gasteiger partial charge is 0.360 e. The second kappa shape index (κ2) is 3.05. The Morgan fingerprint density at radius 1 is 1.50 bits per heavy atom. The summed E-state index contributed by atoms with van der Waals surface area (Å²) in [4.78, 5) is 1.99. The third-order valence-corrected chi connectivity index (χ3v) is 1.06. The maximum Gasteiger partial charge on any atom is 0.105 e. The summed E-state index contributed by atoms with van der Waals surface area (Å²) in [7, 11) is 1.97. The fourth-order valence-corrected chi connectivity index (χ4v) is 0.713. The quantitative estimate of drug-likeness (QED) is 0.485. The second-order valence-corrected chi connectivity index (χ2v) is 2.03. The van der Waals surface area contributed by atoms with Crippen LogP contribution in [0.15, 0.2) is 12.4 Å². The Hall–Kier alpha value is -0.0800. The van der Waals surface area contributed by atoms with E-state index in [1.165, 1.54) is 0 Å². The van der Waals surface area contributed by atoms with E-state index in [1.54, 1.807) is 4.42 Å². The molecule has 0 fully saturated rings. The summed E-state index contributed by atoms with van der Waals surface area (Å²) in [6.07, 6.45) is 3.74. The zero-order valence-corrected chi connectivity index (χ0v) is 6.11. The van der Waals surface area contributed by atoms with Gasteiger partial charge in [-0.25, -0.2) is 0 Å². The minimum atomic E-state index is 0. The van der Waals surface area contributed by atoms with Crippen molar-refractivity contribution in [1.82, 2.24) is 9.32 Å². The van der Waals surface area contributed by atoms with Crippen LogP contribution in [-0.4, -0.2) is 23.0 Å². The SMILES string of the molecule is CN1C=CN(Cl)C1.Cl. The molecule has 0 amide bonds. The van der Waals surface area contributed by atoms with E-state index in [0.717, 1.165) is 6.67 Å². The molecule has 1 aliphatic heterocycles. The summed E-state index contributed by atoms with van der Waals surface area (Å²) in [5, 5.41) is 0. The van der Waals surface area contributed by atoms with Crippen molar-refractivity contribution >= 4 is 24.2 Å². The van der Waals surface area contributed by atoms with Gasteiger partial charge in [0.1, 0.15) is 6.67 Å². The fraction of sp³-hybridized carbons (Fsp3) is 0.500. The van der Waals surface area contributed by atoms with Crippen LogP contribution in [0.25, 0.3) is 0 Å². The van der Waals surface area contributed by atoms with Crippen molar-refractivity contribution in [3.63, 3.8) is 0 Å². The van der Waals surface area contributed by atoms with E-state index >= 15 is 0 Å². The summed E-state index contributed by atoms with van der Waals surface area (Å²) in [5.41, 5.74) is 0. The van der Waals surface area contributed by atoms with Crippen molar-refractivity contribution in [3.8, 4) is 0 Å². The average Bonchev–Trinajstić information content (AvgIpc) is 1.87. The number of halogens is 2. The van der Waals surface area contributed by atoms with Crippen LogP contribution in [0.5, 0.6) is 0 Å². The first-order valence-corrected chi connectivity index (χ1v) is 2.44. The first-order valence-electron chi connectivity index (χ1n) is 2.10. The highest BCUT2D eigenvalue weighted by atomic mass is 35.5. The van der Waals surface area contributed by atoms with E-state index in [-0.39, 0.29) is 12.4 Å². The Labute approximate surface area is 60.2 Å². The van der Waals surface area contributed by atoms with Crippen LogP contribution in [0.2, 0.25) is 0 Å². The third kappa shape index (κ3) is 1.80. The van der Waals surface area contributed by atoms with Gasteiger partial charge in [0.2, 0.25) is 0 Å². The Kier molecular flexibility index (Phi) is 3.02. The fourth-order valence-electron chi connectivity index (χ4n) is 0.494. The van der Waals surface area contributed by atoms with Crippen molar-refractivity contribution in [1.29, 1.82) is 0 Å². The molecule has 0 radical (unpaired) electrons. The molecule has 0 aromatic carbocycles. The molecule has 0 unspecified atom stereocenters. The summed E-state index contributed by atoms with van der Waals surface area (Å²) in [5.74, 6) is 0. The smallest absolute Gasteiger partial charge is 0.105 e. The number of hydrogen-bond acceptors (Lipinski definition) is 2. The maximum atomic E-state index is 5.51. The molecular weight excluding hydrogens is 147 g/mol. The van der Waals surface area contributed by atoms with Gasteiger partial charge < -0.3 is 4.90 Å². The average molecular weight is 155 g/mol. The second-order valence-electron chi connectivity index (χ2n) is 1.60. The molecular formula is C4H8Cl2N2. The van der Waals surface area contributed by atoms with Gasteiger partial charge in [0.05, 0.1) is 0 Å². The van der Waals surface area contributed by atoms with Gasteiger partial charge in [-0.3, -0.25) is 4.42 Å². The summed E-state index contributed by atoms with van der Waals surface area (Å²) >= 11 is 5.51. The van der Waals surface area contributed by atoms with E-state index < -0.39 is 0 Å². The van der Waals surface area contributed by atoms with Crippen LogP contribution in [0.1, 0.15) is 0 Å².